The van der Waals surface area contributed by atoms with E-state index in [0.29, 0.717) is 11.7 Å². The lowest BCUT2D eigenvalue weighted by molar-refractivity contribution is 0.474. The maximum atomic E-state index is 9.50. The number of phenols is 1. The maximum Gasteiger partial charge on any atom is 0.115 e. The van der Waals surface area contributed by atoms with E-state index in [1.54, 1.807) is 6.07 Å². The Hall–Kier alpha value is -1.76. The summed E-state index contributed by atoms with van der Waals surface area (Å²) >= 11 is 0. The van der Waals surface area contributed by atoms with Crippen molar-refractivity contribution in [1.29, 1.82) is 0 Å². The van der Waals surface area contributed by atoms with Gasteiger partial charge in [-0.3, -0.25) is 0 Å². The number of hydrogen-bond donors (Lipinski definition) is 1. The molecule has 2 aromatic rings. The molecule has 0 aliphatic rings. The van der Waals surface area contributed by atoms with Crippen molar-refractivity contribution in [3.63, 3.8) is 0 Å². The monoisotopic (exact) mass is 254 g/mol. The number of aryl methyl sites for hydroxylation is 1. The van der Waals surface area contributed by atoms with Crippen LogP contribution in [0.2, 0.25) is 0 Å². The highest BCUT2D eigenvalue weighted by Gasteiger charge is 2.10. The van der Waals surface area contributed by atoms with Gasteiger partial charge < -0.3 is 5.11 Å². The summed E-state index contributed by atoms with van der Waals surface area (Å²) < 4.78 is 0. The van der Waals surface area contributed by atoms with Gasteiger partial charge in [0.1, 0.15) is 5.75 Å². The second-order valence-corrected chi connectivity index (χ2v) is 5.10. The lowest BCUT2D eigenvalue weighted by atomic mass is 9.89. The second kappa shape index (κ2) is 6.98. The minimum Gasteiger partial charge on any atom is -0.508 e. The third-order valence-electron chi connectivity index (χ3n) is 3.60. The van der Waals surface area contributed by atoms with Crippen LogP contribution in [-0.2, 0) is 6.42 Å². The van der Waals surface area contributed by atoms with E-state index < -0.39 is 0 Å². The molecule has 1 N–H and O–H groups in total. The summed E-state index contributed by atoms with van der Waals surface area (Å²) in [6.07, 6.45) is 4.59. The fraction of sp³-hybridized carbons (Fsp3) is 0.333. The van der Waals surface area contributed by atoms with E-state index in [0.717, 1.165) is 12.8 Å². The van der Waals surface area contributed by atoms with Crippen molar-refractivity contribution in [3.8, 4) is 5.75 Å². The van der Waals surface area contributed by atoms with Gasteiger partial charge in [0.05, 0.1) is 0 Å². The zero-order valence-corrected chi connectivity index (χ0v) is 11.5. The lowest BCUT2D eigenvalue weighted by Crippen LogP contribution is -2.00. The molecule has 0 bridgehead atoms. The quantitative estimate of drug-likeness (QED) is 0.776. The van der Waals surface area contributed by atoms with Gasteiger partial charge in [-0.25, -0.2) is 0 Å². The molecular formula is C18H22O. The molecule has 0 aromatic heterocycles. The molecule has 1 unspecified atom stereocenters. The van der Waals surface area contributed by atoms with Crippen LogP contribution >= 0.6 is 0 Å². The molecule has 100 valence electrons. The third kappa shape index (κ3) is 4.13. The molecular weight excluding hydrogens is 232 g/mol. The van der Waals surface area contributed by atoms with E-state index in [-0.39, 0.29) is 0 Å². The molecule has 0 amide bonds. The van der Waals surface area contributed by atoms with E-state index >= 15 is 0 Å². The Kier molecular flexibility index (Phi) is 5.02. The molecule has 0 fully saturated rings. The molecule has 2 rings (SSSR count). The highest BCUT2D eigenvalue weighted by molar-refractivity contribution is 5.27. The number of hydrogen-bond acceptors (Lipinski definition) is 1. The van der Waals surface area contributed by atoms with Crippen molar-refractivity contribution in [2.75, 3.05) is 0 Å². The third-order valence-corrected chi connectivity index (χ3v) is 3.60. The predicted molar refractivity (Wildman–Crippen MR) is 80.5 cm³/mol. The van der Waals surface area contributed by atoms with E-state index in [2.05, 4.69) is 43.3 Å². The van der Waals surface area contributed by atoms with Gasteiger partial charge in [0.15, 0.2) is 0 Å². The Morgan fingerprint density at radius 2 is 1.74 bits per heavy atom. The predicted octanol–water partition coefficient (Wildman–Crippen LogP) is 4.91. The van der Waals surface area contributed by atoms with E-state index in [9.17, 15) is 5.11 Å². The molecule has 19 heavy (non-hydrogen) atoms. The SMILES string of the molecule is CCCC(CCc1cccc(O)c1)c1ccccc1. The van der Waals surface area contributed by atoms with Crippen molar-refractivity contribution in [3.05, 3.63) is 65.7 Å². The first-order valence-electron chi connectivity index (χ1n) is 7.12. The fourth-order valence-electron chi connectivity index (χ4n) is 2.60. The Morgan fingerprint density at radius 3 is 2.42 bits per heavy atom. The van der Waals surface area contributed by atoms with E-state index in [1.165, 1.54) is 24.0 Å². The summed E-state index contributed by atoms with van der Waals surface area (Å²) in [7, 11) is 0. The van der Waals surface area contributed by atoms with Crippen molar-refractivity contribution in [2.45, 2.75) is 38.5 Å². The van der Waals surface area contributed by atoms with Gasteiger partial charge in [0.25, 0.3) is 0 Å². The van der Waals surface area contributed by atoms with E-state index in [4.69, 9.17) is 0 Å². The Balaban J connectivity index is 2.01. The second-order valence-electron chi connectivity index (χ2n) is 5.10. The Bertz CT molecular complexity index is 490. The van der Waals surface area contributed by atoms with Crippen molar-refractivity contribution < 1.29 is 5.11 Å². The zero-order valence-electron chi connectivity index (χ0n) is 11.5. The van der Waals surface area contributed by atoms with Gasteiger partial charge in [0.2, 0.25) is 0 Å². The van der Waals surface area contributed by atoms with Crippen LogP contribution in [0.4, 0.5) is 0 Å². The summed E-state index contributed by atoms with van der Waals surface area (Å²) in [5, 5.41) is 9.50. The van der Waals surface area contributed by atoms with Crippen LogP contribution in [-0.4, -0.2) is 5.11 Å². The van der Waals surface area contributed by atoms with Gasteiger partial charge in [0, 0.05) is 0 Å². The molecule has 0 aliphatic heterocycles. The zero-order chi connectivity index (χ0) is 13.5. The van der Waals surface area contributed by atoms with E-state index in [1.807, 2.05) is 12.1 Å². The molecule has 1 heteroatoms. The number of aromatic hydroxyl groups is 1. The van der Waals surface area contributed by atoms with Gasteiger partial charge in [-0.2, -0.15) is 0 Å². The smallest absolute Gasteiger partial charge is 0.115 e. The first-order chi connectivity index (χ1) is 9.29. The fourth-order valence-corrected chi connectivity index (χ4v) is 2.60. The molecule has 0 aliphatic carbocycles. The van der Waals surface area contributed by atoms with Crippen molar-refractivity contribution in [2.24, 2.45) is 0 Å². The molecule has 1 atom stereocenters. The topological polar surface area (TPSA) is 20.2 Å². The summed E-state index contributed by atoms with van der Waals surface area (Å²) in [6, 6.07) is 18.4. The summed E-state index contributed by atoms with van der Waals surface area (Å²) in [6.45, 7) is 2.24. The van der Waals surface area contributed by atoms with Gasteiger partial charge in [-0.05, 0) is 48.4 Å². The molecule has 0 spiro atoms. The van der Waals surface area contributed by atoms with Crippen LogP contribution in [0.15, 0.2) is 54.6 Å². The van der Waals surface area contributed by atoms with Crippen LogP contribution in [0, 0.1) is 0 Å². The number of phenolic OH excluding ortho intramolecular Hbond substituents is 1. The van der Waals surface area contributed by atoms with Crippen LogP contribution in [0.5, 0.6) is 5.75 Å². The summed E-state index contributed by atoms with van der Waals surface area (Å²) in [5.41, 5.74) is 2.65. The average Bonchev–Trinajstić information content (AvgIpc) is 2.44. The van der Waals surface area contributed by atoms with Crippen LogP contribution in [0.3, 0.4) is 0 Å². The minimum atomic E-state index is 0.365. The molecule has 1 nitrogen and oxygen atoms in total. The van der Waals surface area contributed by atoms with Crippen molar-refractivity contribution >= 4 is 0 Å². The van der Waals surface area contributed by atoms with Gasteiger partial charge >= 0.3 is 0 Å². The molecule has 0 saturated carbocycles. The highest BCUT2D eigenvalue weighted by Crippen LogP contribution is 2.27. The first kappa shape index (κ1) is 13.7. The highest BCUT2D eigenvalue weighted by atomic mass is 16.3. The van der Waals surface area contributed by atoms with Crippen LogP contribution in [0.25, 0.3) is 0 Å². The van der Waals surface area contributed by atoms with Crippen LogP contribution < -0.4 is 0 Å². The molecule has 0 radical (unpaired) electrons. The molecule has 0 heterocycles. The number of rotatable bonds is 6. The molecule has 2 aromatic carbocycles. The van der Waals surface area contributed by atoms with Gasteiger partial charge in [-0.15, -0.1) is 0 Å². The molecule has 0 saturated heterocycles. The van der Waals surface area contributed by atoms with Gasteiger partial charge in [-0.1, -0.05) is 55.8 Å². The lowest BCUT2D eigenvalue weighted by Gasteiger charge is -2.16. The minimum absolute atomic E-state index is 0.365. The number of benzene rings is 2. The normalized spacial score (nSPS) is 12.3. The standard InChI is InChI=1S/C18H22O/c1-2-7-16(17-9-4-3-5-10-17)13-12-15-8-6-11-18(19)14-15/h3-6,8-11,14,16,19H,2,7,12-13H2,1H3. The maximum absolute atomic E-state index is 9.50. The Morgan fingerprint density at radius 1 is 0.947 bits per heavy atom. The summed E-state index contributed by atoms with van der Waals surface area (Å²) in [5.74, 6) is 0.984. The summed E-state index contributed by atoms with van der Waals surface area (Å²) in [4.78, 5) is 0. The van der Waals surface area contributed by atoms with Crippen molar-refractivity contribution in [1.82, 2.24) is 0 Å². The Labute approximate surface area is 115 Å². The average molecular weight is 254 g/mol. The largest absolute Gasteiger partial charge is 0.508 e. The first-order valence-corrected chi connectivity index (χ1v) is 7.12. The van der Waals surface area contributed by atoms with Crippen LogP contribution in [0.1, 0.15) is 43.2 Å².